The fourth-order valence-electron chi connectivity index (χ4n) is 1.73. The van der Waals surface area contributed by atoms with Crippen LogP contribution in [0, 0.1) is 0 Å². The third-order valence-electron chi connectivity index (χ3n) is 2.75. The molecule has 2 aromatic heterocycles. The number of hydrogen-bond acceptors (Lipinski definition) is 4. The van der Waals surface area contributed by atoms with Crippen molar-refractivity contribution in [3.05, 3.63) is 46.7 Å². The first kappa shape index (κ1) is 13.9. The molecule has 6 heteroatoms. The molecule has 1 amide bonds. The largest absolute Gasteiger partial charge is 0.468 e. The Balaban J connectivity index is 1.98. The maximum Gasteiger partial charge on any atom is 0.287 e. The highest BCUT2D eigenvalue weighted by Crippen LogP contribution is 2.18. The van der Waals surface area contributed by atoms with Gasteiger partial charge in [-0.1, -0.05) is 0 Å². The summed E-state index contributed by atoms with van der Waals surface area (Å²) in [5, 5.41) is 2.83. The molecule has 0 aliphatic carbocycles. The summed E-state index contributed by atoms with van der Waals surface area (Å²) < 4.78 is 11.1. The van der Waals surface area contributed by atoms with E-state index in [0.717, 1.165) is 5.76 Å². The molecule has 2 rings (SSSR count). The van der Waals surface area contributed by atoms with Crippen molar-refractivity contribution in [1.29, 1.82) is 0 Å². The van der Waals surface area contributed by atoms with E-state index in [9.17, 15) is 4.79 Å². The van der Waals surface area contributed by atoms with Gasteiger partial charge in [0.25, 0.3) is 5.91 Å². The van der Waals surface area contributed by atoms with E-state index in [1.165, 1.54) is 0 Å². The number of carbonyl (C=O) groups is 1. The van der Waals surface area contributed by atoms with Gasteiger partial charge in [0.05, 0.1) is 12.3 Å². The predicted molar refractivity (Wildman–Crippen MR) is 73.9 cm³/mol. The lowest BCUT2D eigenvalue weighted by Gasteiger charge is -2.22. The topological polar surface area (TPSA) is 58.6 Å². The first-order valence-electron chi connectivity index (χ1n) is 5.81. The molecule has 0 bridgehead atoms. The average Bonchev–Trinajstić information content (AvgIpc) is 3.00. The molecular formula is C13H15BrN2O3. The van der Waals surface area contributed by atoms with Crippen molar-refractivity contribution in [2.75, 3.05) is 20.6 Å². The quantitative estimate of drug-likeness (QED) is 0.917. The third-order valence-corrected chi connectivity index (χ3v) is 3.17. The van der Waals surface area contributed by atoms with E-state index in [2.05, 4.69) is 21.2 Å². The van der Waals surface area contributed by atoms with Crippen molar-refractivity contribution < 1.29 is 13.6 Å². The number of nitrogens with one attached hydrogen (secondary N) is 1. The molecule has 0 fully saturated rings. The van der Waals surface area contributed by atoms with Gasteiger partial charge in [-0.2, -0.15) is 0 Å². The van der Waals surface area contributed by atoms with Crippen LogP contribution in [0.2, 0.25) is 0 Å². The van der Waals surface area contributed by atoms with Gasteiger partial charge in [0.2, 0.25) is 0 Å². The van der Waals surface area contributed by atoms with Crippen LogP contribution < -0.4 is 5.32 Å². The minimum atomic E-state index is -0.246. The van der Waals surface area contributed by atoms with Gasteiger partial charge in [-0.3, -0.25) is 9.69 Å². The van der Waals surface area contributed by atoms with E-state index in [-0.39, 0.29) is 17.7 Å². The molecule has 0 unspecified atom stereocenters. The van der Waals surface area contributed by atoms with Gasteiger partial charge in [-0.05, 0) is 54.3 Å². The summed E-state index contributed by atoms with van der Waals surface area (Å²) in [6.45, 7) is 0.442. The van der Waals surface area contributed by atoms with Gasteiger partial charge in [0.1, 0.15) is 5.76 Å². The molecule has 2 heterocycles. The Bertz CT molecular complexity index is 534. The standard InChI is InChI=1S/C13H15BrN2O3/c1-16(2)9(10-4-3-7-18-10)8-15-13(17)11-5-6-12(14)19-11/h3-7,9H,8H2,1-2H3,(H,15,17)/t9-/m0/s1. The fourth-order valence-corrected chi connectivity index (χ4v) is 2.04. The van der Waals surface area contributed by atoms with Gasteiger partial charge in [-0.25, -0.2) is 0 Å². The molecule has 0 spiro atoms. The van der Waals surface area contributed by atoms with Crippen molar-refractivity contribution in [2.45, 2.75) is 6.04 Å². The Kier molecular flexibility index (Phi) is 4.44. The van der Waals surface area contributed by atoms with Crippen LogP contribution in [0.15, 0.2) is 44.0 Å². The van der Waals surface area contributed by atoms with Crippen LogP contribution in [0.1, 0.15) is 22.4 Å². The Labute approximate surface area is 119 Å². The number of nitrogens with zero attached hydrogens (tertiary/aromatic N) is 1. The van der Waals surface area contributed by atoms with Crippen LogP contribution in [-0.4, -0.2) is 31.4 Å². The molecule has 0 aliphatic heterocycles. The van der Waals surface area contributed by atoms with Crippen molar-refractivity contribution in [2.24, 2.45) is 0 Å². The summed E-state index contributed by atoms with van der Waals surface area (Å²) >= 11 is 3.17. The number of halogens is 1. The minimum Gasteiger partial charge on any atom is -0.468 e. The lowest BCUT2D eigenvalue weighted by Crippen LogP contribution is -2.34. The van der Waals surface area contributed by atoms with Crippen molar-refractivity contribution >= 4 is 21.8 Å². The molecule has 0 aliphatic rings. The molecule has 1 atom stereocenters. The van der Waals surface area contributed by atoms with Crippen LogP contribution in [0.3, 0.4) is 0 Å². The molecule has 1 N–H and O–H groups in total. The first-order valence-corrected chi connectivity index (χ1v) is 6.60. The van der Waals surface area contributed by atoms with E-state index in [4.69, 9.17) is 8.83 Å². The first-order chi connectivity index (χ1) is 9.08. The highest BCUT2D eigenvalue weighted by molar-refractivity contribution is 9.10. The van der Waals surface area contributed by atoms with E-state index >= 15 is 0 Å². The molecule has 2 aromatic rings. The Morgan fingerprint density at radius 1 is 1.42 bits per heavy atom. The molecule has 5 nitrogen and oxygen atoms in total. The smallest absolute Gasteiger partial charge is 0.287 e. The maximum absolute atomic E-state index is 11.9. The van der Waals surface area contributed by atoms with Gasteiger partial charge < -0.3 is 14.2 Å². The second-order valence-corrected chi connectivity index (χ2v) is 5.09. The summed E-state index contributed by atoms with van der Waals surface area (Å²) in [5.41, 5.74) is 0. The number of amides is 1. The summed E-state index contributed by atoms with van der Waals surface area (Å²) in [4.78, 5) is 13.9. The summed E-state index contributed by atoms with van der Waals surface area (Å²) in [6, 6.07) is 7.01. The number of likely N-dealkylation sites (N-methyl/N-ethyl adjacent to an activating group) is 1. The van der Waals surface area contributed by atoms with Crippen LogP contribution in [-0.2, 0) is 0 Å². The summed E-state index contributed by atoms with van der Waals surface area (Å²) in [5.74, 6) is 0.846. The molecule has 0 saturated heterocycles. The molecule has 0 aromatic carbocycles. The summed E-state index contributed by atoms with van der Waals surface area (Å²) in [7, 11) is 3.87. The van der Waals surface area contributed by atoms with Crippen molar-refractivity contribution in [3.8, 4) is 0 Å². The second-order valence-electron chi connectivity index (χ2n) is 4.31. The molecular weight excluding hydrogens is 312 g/mol. The van der Waals surface area contributed by atoms with Gasteiger partial charge in [0, 0.05) is 6.54 Å². The number of furan rings is 2. The highest BCUT2D eigenvalue weighted by atomic mass is 79.9. The molecule has 0 radical (unpaired) electrons. The molecule has 102 valence electrons. The van der Waals surface area contributed by atoms with Crippen molar-refractivity contribution in [1.82, 2.24) is 10.2 Å². The number of hydrogen-bond donors (Lipinski definition) is 1. The minimum absolute atomic E-state index is 0.0163. The second kappa shape index (κ2) is 6.08. The van der Waals surface area contributed by atoms with E-state index in [1.54, 1.807) is 18.4 Å². The normalized spacial score (nSPS) is 12.6. The van der Waals surface area contributed by atoms with E-state index < -0.39 is 0 Å². The third kappa shape index (κ3) is 3.48. The zero-order chi connectivity index (χ0) is 13.8. The van der Waals surface area contributed by atoms with Gasteiger partial charge in [0.15, 0.2) is 10.4 Å². The van der Waals surface area contributed by atoms with Crippen molar-refractivity contribution in [3.63, 3.8) is 0 Å². The van der Waals surface area contributed by atoms with Gasteiger partial charge >= 0.3 is 0 Å². The lowest BCUT2D eigenvalue weighted by molar-refractivity contribution is 0.0910. The Morgan fingerprint density at radius 2 is 2.21 bits per heavy atom. The zero-order valence-corrected chi connectivity index (χ0v) is 12.3. The fraction of sp³-hybridized carbons (Fsp3) is 0.308. The maximum atomic E-state index is 11.9. The monoisotopic (exact) mass is 326 g/mol. The van der Waals surface area contributed by atoms with E-state index in [1.807, 2.05) is 31.1 Å². The summed E-state index contributed by atoms with van der Waals surface area (Å²) in [6.07, 6.45) is 1.62. The molecule has 19 heavy (non-hydrogen) atoms. The predicted octanol–water partition coefficient (Wildman–Crippen LogP) is 2.67. The molecule has 0 saturated carbocycles. The SMILES string of the molecule is CN(C)[C@@H](CNC(=O)c1ccc(Br)o1)c1ccco1. The van der Waals surface area contributed by atoms with Crippen LogP contribution in [0.25, 0.3) is 0 Å². The Hall–Kier alpha value is -1.53. The van der Waals surface area contributed by atoms with Gasteiger partial charge in [-0.15, -0.1) is 0 Å². The van der Waals surface area contributed by atoms with Crippen LogP contribution >= 0.6 is 15.9 Å². The highest BCUT2D eigenvalue weighted by Gasteiger charge is 2.19. The number of carbonyl (C=O) groups excluding carboxylic acids is 1. The average molecular weight is 327 g/mol. The van der Waals surface area contributed by atoms with Crippen LogP contribution in [0.5, 0.6) is 0 Å². The lowest BCUT2D eigenvalue weighted by atomic mass is 10.2. The zero-order valence-electron chi connectivity index (χ0n) is 10.7. The van der Waals surface area contributed by atoms with E-state index in [0.29, 0.717) is 11.2 Å². The van der Waals surface area contributed by atoms with Crippen LogP contribution in [0.4, 0.5) is 0 Å². The Morgan fingerprint density at radius 3 is 2.74 bits per heavy atom. The number of rotatable bonds is 5.